The lowest BCUT2D eigenvalue weighted by atomic mass is 9.92. The molecule has 0 saturated carbocycles. The standard InChI is InChI=1S/C48H66O3/c1-3-5-7-9-11-13-15-17-19-21-31-41-37-27-23-25-29-39(37)43-33-35-49-45(43)47(41)51-48-42(32-22-20-18-16-14-12-10-8-6-4-2)38-28-24-26-30-40(38)44-34-36-50-46(44)48/h23-30H,3-22,31-36H2,1-2H3. The topological polar surface area (TPSA) is 27.7 Å². The number of benzene rings is 4. The molecule has 3 heteroatoms. The van der Waals surface area contributed by atoms with E-state index in [1.165, 1.54) is 172 Å². The highest BCUT2D eigenvalue weighted by Gasteiger charge is 2.30. The largest absolute Gasteiger partial charge is 0.489 e. The van der Waals surface area contributed by atoms with Crippen LogP contribution in [0.1, 0.15) is 165 Å². The van der Waals surface area contributed by atoms with Crippen molar-refractivity contribution in [2.45, 2.75) is 168 Å². The molecule has 2 heterocycles. The molecule has 2 aliphatic rings. The zero-order valence-electron chi connectivity index (χ0n) is 32.2. The third-order valence-corrected chi connectivity index (χ3v) is 11.6. The molecule has 0 fully saturated rings. The maximum Gasteiger partial charge on any atom is 0.173 e. The van der Waals surface area contributed by atoms with Crippen LogP contribution in [0.3, 0.4) is 0 Å². The van der Waals surface area contributed by atoms with Crippen LogP contribution >= 0.6 is 0 Å². The van der Waals surface area contributed by atoms with E-state index in [9.17, 15) is 0 Å². The highest BCUT2D eigenvalue weighted by molar-refractivity contribution is 5.96. The Hall–Kier alpha value is -3.20. The Morgan fingerprint density at radius 1 is 0.431 bits per heavy atom. The van der Waals surface area contributed by atoms with E-state index in [0.29, 0.717) is 0 Å². The van der Waals surface area contributed by atoms with Crippen molar-refractivity contribution < 1.29 is 14.2 Å². The Labute approximate surface area is 309 Å². The van der Waals surface area contributed by atoms with Crippen LogP contribution in [0.5, 0.6) is 23.0 Å². The van der Waals surface area contributed by atoms with Crippen molar-refractivity contribution in [1.29, 1.82) is 0 Å². The van der Waals surface area contributed by atoms with Gasteiger partial charge in [0.25, 0.3) is 0 Å². The Morgan fingerprint density at radius 2 is 0.765 bits per heavy atom. The second-order valence-corrected chi connectivity index (χ2v) is 15.5. The van der Waals surface area contributed by atoms with Crippen LogP contribution in [0, 0.1) is 0 Å². The molecule has 0 radical (unpaired) electrons. The zero-order chi connectivity index (χ0) is 35.1. The predicted octanol–water partition coefficient (Wildman–Crippen LogP) is 14.6. The monoisotopic (exact) mass is 691 g/mol. The fraction of sp³-hybridized carbons (Fsp3) is 0.583. The first-order chi connectivity index (χ1) is 25.3. The quantitative estimate of drug-likeness (QED) is 0.0685. The molecule has 0 saturated heterocycles. The summed E-state index contributed by atoms with van der Waals surface area (Å²) in [6, 6.07) is 18.0. The van der Waals surface area contributed by atoms with Gasteiger partial charge in [0.1, 0.15) is 0 Å². The molecule has 0 bridgehead atoms. The Bertz CT molecular complexity index is 1550. The summed E-state index contributed by atoms with van der Waals surface area (Å²) < 4.78 is 20.4. The molecule has 0 aliphatic carbocycles. The normalized spacial score (nSPS) is 13.5. The summed E-state index contributed by atoms with van der Waals surface area (Å²) in [6.07, 6.45) is 30.7. The van der Waals surface area contributed by atoms with Crippen molar-refractivity contribution in [3.8, 4) is 23.0 Å². The van der Waals surface area contributed by atoms with E-state index in [0.717, 1.165) is 61.9 Å². The first-order valence-electron chi connectivity index (χ1n) is 21.4. The second kappa shape index (κ2) is 20.1. The molecule has 276 valence electrons. The van der Waals surface area contributed by atoms with Crippen molar-refractivity contribution >= 4 is 21.5 Å². The second-order valence-electron chi connectivity index (χ2n) is 15.5. The van der Waals surface area contributed by atoms with E-state index in [1.54, 1.807) is 0 Å². The van der Waals surface area contributed by atoms with Crippen LogP contribution in [-0.4, -0.2) is 13.2 Å². The van der Waals surface area contributed by atoms with E-state index in [1.807, 2.05) is 0 Å². The highest BCUT2D eigenvalue weighted by atomic mass is 16.5. The lowest BCUT2D eigenvalue weighted by molar-refractivity contribution is 0.319. The van der Waals surface area contributed by atoms with Crippen LogP contribution in [0.15, 0.2) is 48.5 Å². The molecule has 51 heavy (non-hydrogen) atoms. The molecule has 0 amide bonds. The molecule has 2 aliphatic heterocycles. The summed E-state index contributed by atoms with van der Waals surface area (Å²) in [5.74, 6) is 3.85. The molecule has 4 aromatic rings. The van der Waals surface area contributed by atoms with Gasteiger partial charge in [0.15, 0.2) is 23.0 Å². The Balaban J connectivity index is 1.23. The zero-order valence-corrected chi connectivity index (χ0v) is 32.2. The summed E-state index contributed by atoms with van der Waals surface area (Å²) >= 11 is 0. The minimum atomic E-state index is 0.717. The molecule has 0 unspecified atom stereocenters. The SMILES string of the molecule is CCCCCCCCCCCCc1c(Oc2c3c(c4ccccc4c2CCCCCCCCCCCC)CCO3)c2c(c3ccccc13)CCO2. The average molecular weight is 691 g/mol. The van der Waals surface area contributed by atoms with E-state index >= 15 is 0 Å². The van der Waals surface area contributed by atoms with Crippen molar-refractivity contribution in [2.24, 2.45) is 0 Å². The molecule has 6 rings (SSSR count). The molecular formula is C48H66O3. The number of aryl methyl sites for hydroxylation is 2. The number of rotatable bonds is 24. The summed E-state index contributed by atoms with van der Waals surface area (Å²) in [5, 5.41) is 5.35. The van der Waals surface area contributed by atoms with Gasteiger partial charge in [0.05, 0.1) is 13.2 Å². The van der Waals surface area contributed by atoms with Crippen LogP contribution < -0.4 is 14.2 Å². The lowest BCUT2D eigenvalue weighted by Gasteiger charge is -2.22. The van der Waals surface area contributed by atoms with Crippen molar-refractivity contribution in [3.63, 3.8) is 0 Å². The van der Waals surface area contributed by atoms with Gasteiger partial charge in [-0.05, 0) is 47.2 Å². The van der Waals surface area contributed by atoms with E-state index in [2.05, 4.69) is 62.4 Å². The average Bonchev–Trinajstić information content (AvgIpc) is 3.86. The van der Waals surface area contributed by atoms with E-state index in [4.69, 9.17) is 14.2 Å². The fourth-order valence-electron chi connectivity index (χ4n) is 8.76. The van der Waals surface area contributed by atoms with Crippen LogP contribution in [0.2, 0.25) is 0 Å². The van der Waals surface area contributed by atoms with Crippen LogP contribution in [-0.2, 0) is 25.7 Å². The maximum atomic E-state index is 7.38. The smallest absolute Gasteiger partial charge is 0.173 e. The number of hydrogen-bond donors (Lipinski definition) is 0. The van der Waals surface area contributed by atoms with Gasteiger partial charge in [0.2, 0.25) is 0 Å². The van der Waals surface area contributed by atoms with Crippen LogP contribution in [0.25, 0.3) is 21.5 Å². The summed E-state index contributed by atoms with van der Waals surface area (Å²) in [5.41, 5.74) is 5.25. The molecular weight excluding hydrogens is 625 g/mol. The van der Waals surface area contributed by atoms with Gasteiger partial charge < -0.3 is 14.2 Å². The van der Waals surface area contributed by atoms with Gasteiger partial charge in [-0.3, -0.25) is 0 Å². The molecule has 3 nitrogen and oxygen atoms in total. The third kappa shape index (κ3) is 9.62. The van der Waals surface area contributed by atoms with Gasteiger partial charge in [-0.1, -0.05) is 178 Å². The third-order valence-electron chi connectivity index (χ3n) is 11.6. The molecule has 4 aromatic carbocycles. The Morgan fingerprint density at radius 3 is 1.14 bits per heavy atom. The summed E-state index contributed by atoms with van der Waals surface area (Å²) in [4.78, 5) is 0. The molecule has 0 spiro atoms. The van der Waals surface area contributed by atoms with Gasteiger partial charge in [0, 0.05) is 35.1 Å². The summed E-state index contributed by atoms with van der Waals surface area (Å²) in [6.45, 7) is 6.03. The first kappa shape index (κ1) is 37.6. The van der Waals surface area contributed by atoms with Crippen molar-refractivity contribution in [2.75, 3.05) is 13.2 Å². The number of unbranched alkanes of at least 4 members (excludes halogenated alkanes) is 18. The lowest BCUT2D eigenvalue weighted by Crippen LogP contribution is -2.03. The van der Waals surface area contributed by atoms with Gasteiger partial charge in [-0.25, -0.2) is 0 Å². The number of ether oxygens (including phenoxy) is 3. The summed E-state index contributed by atoms with van der Waals surface area (Å²) in [7, 11) is 0. The minimum Gasteiger partial charge on any atom is -0.489 e. The maximum absolute atomic E-state index is 7.38. The fourth-order valence-corrected chi connectivity index (χ4v) is 8.76. The highest BCUT2D eigenvalue weighted by Crippen LogP contribution is 2.52. The van der Waals surface area contributed by atoms with Crippen molar-refractivity contribution in [1.82, 2.24) is 0 Å². The van der Waals surface area contributed by atoms with E-state index in [-0.39, 0.29) is 0 Å². The predicted molar refractivity (Wildman–Crippen MR) is 217 cm³/mol. The molecule has 0 aromatic heterocycles. The molecule has 0 atom stereocenters. The van der Waals surface area contributed by atoms with E-state index < -0.39 is 0 Å². The van der Waals surface area contributed by atoms with Gasteiger partial charge in [-0.15, -0.1) is 0 Å². The van der Waals surface area contributed by atoms with Gasteiger partial charge in [-0.2, -0.15) is 0 Å². The van der Waals surface area contributed by atoms with Crippen molar-refractivity contribution in [3.05, 3.63) is 70.8 Å². The Kier molecular flexibility index (Phi) is 14.8. The van der Waals surface area contributed by atoms with Crippen LogP contribution in [0.4, 0.5) is 0 Å². The number of fused-ring (bicyclic) bond motifs is 6. The first-order valence-corrected chi connectivity index (χ1v) is 21.4. The number of hydrogen-bond acceptors (Lipinski definition) is 3. The van der Waals surface area contributed by atoms with Gasteiger partial charge >= 0.3 is 0 Å². The molecule has 0 N–H and O–H groups in total. The minimum absolute atomic E-state index is 0.717.